The third-order valence-corrected chi connectivity index (χ3v) is 3.98. The van der Waals surface area contributed by atoms with E-state index in [0.29, 0.717) is 16.9 Å². The van der Waals surface area contributed by atoms with Gasteiger partial charge in [0.05, 0.1) is 16.9 Å². The van der Waals surface area contributed by atoms with E-state index in [0.717, 1.165) is 21.9 Å². The van der Waals surface area contributed by atoms with E-state index in [9.17, 15) is 9.90 Å². The molecule has 0 unspecified atom stereocenters. The Hall–Kier alpha value is -2.73. The van der Waals surface area contributed by atoms with E-state index in [4.69, 9.17) is 0 Å². The van der Waals surface area contributed by atoms with Gasteiger partial charge in [-0.05, 0) is 60.7 Å². The van der Waals surface area contributed by atoms with Crippen LogP contribution in [-0.4, -0.2) is 15.2 Å². The molecular formula is C18H15N3O2S. The summed E-state index contributed by atoms with van der Waals surface area (Å²) in [5.41, 5.74) is 2.85. The molecule has 24 heavy (non-hydrogen) atoms. The van der Waals surface area contributed by atoms with Crippen molar-refractivity contribution in [2.75, 3.05) is 0 Å². The Morgan fingerprint density at radius 2 is 1.79 bits per heavy atom. The van der Waals surface area contributed by atoms with Crippen LogP contribution >= 0.6 is 12.6 Å². The number of rotatable bonds is 3. The molecule has 120 valence electrons. The molecule has 0 spiro atoms. The fourth-order valence-corrected chi connectivity index (χ4v) is 2.66. The summed E-state index contributed by atoms with van der Waals surface area (Å²) >= 11 is 3.92. The molecule has 0 radical (unpaired) electrons. The van der Waals surface area contributed by atoms with Gasteiger partial charge in [0.25, 0.3) is 0 Å². The zero-order valence-corrected chi connectivity index (χ0v) is 14.1. The summed E-state index contributed by atoms with van der Waals surface area (Å²) in [4.78, 5) is 15.9. The summed E-state index contributed by atoms with van der Waals surface area (Å²) in [5, 5.41) is 19.6. The normalized spacial score (nSPS) is 11.3. The number of carbonyl (C=O) groups excluding carboxylic acids is 1. The van der Waals surface area contributed by atoms with Gasteiger partial charge in [-0.2, -0.15) is 5.11 Å². The number of hydrogen-bond acceptors (Lipinski definition) is 5. The van der Waals surface area contributed by atoms with Gasteiger partial charge in [-0.3, -0.25) is 9.78 Å². The van der Waals surface area contributed by atoms with E-state index in [1.54, 1.807) is 50.5 Å². The van der Waals surface area contributed by atoms with Crippen LogP contribution in [0.2, 0.25) is 0 Å². The number of phenolic OH excluding ortho intramolecular Hbond substituents is 1. The first kappa shape index (κ1) is 16.1. The Kier molecular flexibility index (Phi) is 4.31. The van der Waals surface area contributed by atoms with Crippen molar-refractivity contribution >= 4 is 39.9 Å². The Morgan fingerprint density at radius 1 is 1.08 bits per heavy atom. The molecule has 0 saturated heterocycles. The number of aryl methyl sites for hydroxylation is 2. The summed E-state index contributed by atoms with van der Waals surface area (Å²) in [5.74, 6) is 0.247. The largest absolute Gasteiger partial charge is 0.507 e. The van der Waals surface area contributed by atoms with Gasteiger partial charge in [0.2, 0.25) is 5.12 Å². The van der Waals surface area contributed by atoms with Gasteiger partial charge in [-0.1, -0.05) is 0 Å². The first-order valence-corrected chi connectivity index (χ1v) is 7.73. The number of benzene rings is 2. The van der Waals surface area contributed by atoms with E-state index in [1.807, 2.05) is 6.07 Å². The summed E-state index contributed by atoms with van der Waals surface area (Å²) < 4.78 is 0. The maximum Gasteiger partial charge on any atom is 0.218 e. The molecule has 1 heterocycles. The average Bonchev–Trinajstić information content (AvgIpc) is 2.56. The topological polar surface area (TPSA) is 74.9 Å². The highest BCUT2D eigenvalue weighted by Crippen LogP contribution is 2.31. The number of hydrogen-bond donors (Lipinski definition) is 2. The molecule has 0 fully saturated rings. The molecule has 0 aliphatic heterocycles. The van der Waals surface area contributed by atoms with E-state index < -0.39 is 0 Å². The predicted molar refractivity (Wildman–Crippen MR) is 96.8 cm³/mol. The number of pyridine rings is 1. The van der Waals surface area contributed by atoms with Crippen LogP contribution in [-0.2, 0) is 0 Å². The van der Waals surface area contributed by atoms with Gasteiger partial charge < -0.3 is 5.11 Å². The van der Waals surface area contributed by atoms with Crippen molar-refractivity contribution < 1.29 is 9.90 Å². The quantitative estimate of drug-likeness (QED) is 0.519. The third kappa shape index (κ3) is 3.14. The zero-order chi connectivity index (χ0) is 17.3. The molecule has 0 aliphatic carbocycles. The number of azo groups is 1. The van der Waals surface area contributed by atoms with Gasteiger partial charge in [0.1, 0.15) is 5.75 Å². The van der Waals surface area contributed by atoms with Gasteiger partial charge in [0, 0.05) is 17.8 Å². The smallest absolute Gasteiger partial charge is 0.218 e. The van der Waals surface area contributed by atoms with E-state index in [-0.39, 0.29) is 10.9 Å². The molecule has 0 bridgehead atoms. The molecule has 0 aliphatic rings. The predicted octanol–water partition coefficient (Wildman–Crippen LogP) is 5.04. The van der Waals surface area contributed by atoms with Crippen molar-refractivity contribution in [1.82, 2.24) is 4.98 Å². The third-order valence-electron chi connectivity index (χ3n) is 3.73. The lowest BCUT2D eigenvalue weighted by Gasteiger charge is -2.05. The Labute approximate surface area is 144 Å². The zero-order valence-electron chi connectivity index (χ0n) is 13.2. The van der Waals surface area contributed by atoms with E-state index >= 15 is 0 Å². The number of aromatic hydroxyl groups is 1. The fourth-order valence-electron chi connectivity index (χ4n) is 2.48. The van der Waals surface area contributed by atoms with Gasteiger partial charge in [0.15, 0.2) is 0 Å². The Balaban J connectivity index is 2.08. The molecule has 1 aromatic heterocycles. The van der Waals surface area contributed by atoms with Gasteiger partial charge >= 0.3 is 0 Å². The van der Waals surface area contributed by atoms with Crippen LogP contribution in [0.5, 0.6) is 5.75 Å². The Bertz CT molecular complexity index is 960. The van der Waals surface area contributed by atoms with Crippen LogP contribution in [0.15, 0.2) is 53.0 Å². The minimum Gasteiger partial charge on any atom is -0.507 e. The average molecular weight is 337 g/mol. The lowest BCUT2D eigenvalue weighted by Crippen LogP contribution is -1.90. The lowest BCUT2D eigenvalue weighted by atomic mass is 10.1. The Morgan fingerprint density at radius 3 is 2.46 bits per heavy atom. The SMILES string of the molecule is Cc1cc(/N=N/c2cc3cnccc3cc2C(=O)S)cc(C)c1O. The van der Waals surface area contributed by atoms with Crippen LogP contribution in [0, 0.1) is 13.8 Å². The maximum atomic E-state index is 11.8. The highest BCUT2D eigenvalue weighted by atomic mass is 32.1. The van der Waals surface area contributed by atoms with Crippen LogP contribution < -0.4 is 0 Å². The van der Waals surface area contributed by atoms with Crippen molar-refractivity contribution in [3.05, 3.63) is 59.4 Å². The fraction of sp³-hybridized carbons (Fsp3) is 0.111. The van der Waals surface area contributed by atoms with Crippen molar-refractivity contribution in [3.63, 3.8) is 0 Å². The van der Waals surface area contributed by atoms with E-state index in [2.05, 4.69) is 27.8 Å². The van der Waals surface area contributed by atoms with Gasteiger partial charge in [-0.15, -0.1) is 17.7 Å². The van der Waals surface area contributed by atoms with Crippen LogP contribution in [0.3, 0.4) is 0 Å². The van der Waals surface area contributed by atoms with Crippen molar-refractivity contribution in [3.8, 4) is 5.75 Å². The molecule has 6 heteroatoms. The highest BCUT2D eigenvalue weighted by Gasteiger charge is 2.10. The van der Waals surface area contributed by atoms with E-state index in [1.165, 1.54) is 0 Å². The molecular weight excluding hydrogens is 322 g/mol. The molecule has 3 aromatic rings. The molecule has 1 N–H and O–H groups in total. The minimum atomic E-state index is -0.374. The number of nitrogens with zero attached hydrogens (tertiary/aromatic N) is 3. The summed E-state index contributed by atoms with van der Waals surface area (Å²) in [6.45, 7) is 3.59. The molecule has 3 rings (SSSR count). The molecule has 0 atom stereocenters. The van der Waals surface area contributed by atoms with Crippen LogP contribution in [0.1, 0.15) is 21.5 Å². The van der Waals surface area contributed by atoms with Gasteiger partial charge in [-0.25, -0.2) is 0 Å². The van der Waals surface area contributed by atoms with Crippen LogP contribution in [0.4, 0.5) is 11.4 Å². The molecule has 0 amide bonds. The summed E-state index contributed by atoms with van der Waals surface area (Å²) in [6.07, 6.45) is 3.37. The molecule has 2 aromatic carbocycles. The number of fused-ring (bicyclic) bond motifs is 1. The monoisotopic (exact) mass is 337 g/mol. The number of thiol groups is 1. The standard InChI is InChI=1S/C18H15N3O2S/c1-10-5-14(6-11(2)17(10)22)20-21-16-8-13-9-19-4-3-12(13)7-15(16)18(23)24/h3-9,22H,1-2H3,(H,23,24)/b21-20+. The number of aromatic nitrogens is 1. The second-order valence-corrected chi connectivity index (χ2v) is 5.93. The first-order chi connectivity index (χ1) is 11.5. The summed E-state index contributed by atoms with van der Waals surface area (Å²) in [7, 11) is 0. The molecule has 0 saturated carbocycles. The second kappa shape index (κ2) is 6.41. The number of phenols is 1. The second-order valence-electron chi connectivity index (χ2n) is 5.53. The highest BCUT2D eigenvalue weighted by molar-refractivity contribution is 7.97. The van der Waals surface area contributed by atoms with Crippen molar-refractivity contribution in [2.24, 2.45) is 10.2 Å². The maximum absolute atomic E-state index is 11.8. The van der Waals surface area contributed by atoms with Crippen molar-refractivity contribution in [2.45, 2.75) is 13.8 Å². The molecule has 5 nitrogen and oxygen atoms in total. The van der Waals surface area contributed by atoms with Crippen LogP contribution in [0.25, 0.3) is 10.8 Å². The number of carbonyl (C=O) groups is 1. The minimum absolute atomic E-state index is 0.247. The lowest BCUT2D eigenvalue weighted by molar-refractivity contribution is 0.109. The summed E-state index contributed by atoms with van der Waals surface area (Å²) in [6, 6.07) is 8.78. The van der Waals surface area contributed by atoms with Crippen molar-refractivity contribution in [1.29, 1.82) is 0 Å². The first-order valence-electron chi connectivity index (χ1n) is 7.29.